The van der Waals surface area contributed by atoms with Crippen molar-refractivity contribution < 1.29 is 9.53 Å². The highest BCUT2D eigenvalue weighted by Crippen LogP contribution is 2.33. The summed E-state index contributed by atoms with van der Waals surface area (Å²) in [5, 5.41) is 4.88. The average Bonchev–Trinajstić information content (AvgIpc) is 3.49. The van der Waals surface area contributed by atoms with Gasteiger partial charge in [-0.05, 0) is 5.56 Å². The molecule has 1 unspecified atom stereocenters. The predicted molar refractivity (Wildman–Crippen MR) is 128 cm³/mol. The Morgan fingerprint density at radius 3 is 2.39 bits per heavy atom. The Bertz CT molecular complexity index is 1280. The van der Waals surface area contributed by atoms with E-state index in [-0.39, 0.29) is 11.8 Å². The van der Waals surface area contributed by atoms with Crippen molar-refractivity contribution in [3.63, 3.8) is 0 Å². The van der Waals surface area contributed by atoms with Crippen LogP contribution >= 0.6 is 0 Å². The Balaban J connectivity index is 1.42. The zero-order chi connectivity index (χ0) is 22.2. The normalized spacial score (nSPS) is 18.9. The van der Waals surface area contributed by atoms with Crippen LogP contribution in [0.1, 0.15) is 17.9 Å². The lowest BCUT2D eigenvalue weighted by atomic mass is 9.99. The molecular weight excluding hydrogens is 414 g/mol. The second-order valence-electron chi connectivity index (χ2n) is 8.55. The van der Waals surface area contributed by atoms with Crippen LogP contribution in [0, 0.1) is 0 Å². The van der Waals surface area contributed by atoms with Gasteiger partial charge in [0.05, 0.1) is 18.9 Å². The summed E-state index contributed by atoms with van der Waals surface area (Å²) in [5.41, 5.74) is 3.84. The van der Waals surface area contributed by atoms with Crippen LogP contribution in [0.3, 0.4) is 0 Å². The van der Waals surface area contributed by atoms with Crippen LogP contribution < -0.4 is 9.80 Å². The quantitative estimate of drug-likeness (QED) is 0.485. The molecule has 2 aromatic heterocycles. The maximum Gasteiger partial charge on any atom is 0.228 e. The third-order valence-electron chi connectivity index (χ3n) is 6.47. The molecule has 166 valence electrons. The fourth-order valence-electron chi connectivity index (χ4n) is 4.73. The maximum atomic E-state index is 13.0. The molecule has 1 atom stereocenters. The number of carbonyl (C=O) groups excluding carboxylic acids is 1. The molecule has 0 spiro atoms. The number of aromatic nitrogens is 3. The number of anilines is 2. The van der Waals surface area contributed by atoms with Gasteiger partial charge in [-0.25, -0.2) is 4.98 Å². The van der Waals surface area contributed by atoms with Gasteiger partial charge in [-0.3, -0.25) is 9.69 Å². The molecule has 2 saturated heterocycles. The largest absolute Gasteiger partial charge is 0.378 e. The van der Waals surface area contributed by atoms with Crippen molar-refractivity contribution in [2.24, 2.45) is 0 Å². The molecule has 2 fully saturated rings. The summed E-state index contributed by atoms with van der Waals surface area (Å²) < 4.78 is 7.46. The molecule has 1 amide bonds. The van der Waals surface area contributed by atoms with Crippen LogP contribution in [0.15, 0.2) is 72.8 Å². The monoisotopic (exact) mass is 439 g/mol. The lowest BCUT2D eigenvalue weighted by Gasteiger charge is -2.29. The van der Waals surface area contributed by atoms with Crippen molar-refractivity contribution in [1.29, 1.82) is 0 Å². The number of hydrogen-bond acceptors (Lipinski definition) is 5. The van der Waals surface area contributed by atoms with Crippen molar-refractivity contribution in [2.45, 2.75) is 12.3 Å². The Kier molecular flexibility index (Phi) is 5.03. The first-order valence-electron chi connectivity index (χ1n) is 11.4. The Labute approximate surface area is 192 Å². The number of carbonyl (C=O) groups is 1. The molecule has 33 heavy (non-hydrogen) atoms. The molecule has 6 rings (SSSR count). The van der Waals surface area contributed by atoms with Crippen molar-refractivity contribution in [1.82, 2.24) is 14.6 Å². The van der Waals surface area contributed by atoms with Gasteiger partial charge in [-0.2, -0.15) is 9.61 Å². The molecule has 0 aliphatic carbocycles. The second-order valence-corrected chi connectivity index (χ2v) is 8.55. The van der Waals surface area contributed by atoms with Gasteiger partial charge in [0.1, 0.15) is 11.6 Å². The third-order valence-corrected chi connectivity index (χ3v) is 6.47. The predicted octanol–water partition coefficient (Wildman–Crippen LogP) is 3.75. The zero-order valence-electron chi connectivity index (χ0n) is 18.3. The molecule has 0 N–H and O–H groups in total. The van der Waals surface area contributed by atoms with E-state index in [2.05, 4.69) is 17.0 Å². The number of nitrogens with zero attached hydrogens (tertiary/aromatic N) is 5. The van der Waals surface area contributed by atoms with Crippen LogP contribution in [0.25, 0.3) is 16.9 Å². The minimum atomic E-state index is 0.108. The summed E-state index contributed by atoms with van der Waals surface area (Å²) >= 11 is 0. The van der Waals surface area contributed by atoms with E-state index in [9.17, 15) is 4.79 Å². The first-order chi connectivity index (χ1) is 16.3. The van der Waals surface area contributed by atoms with Crippen molar-refractivity contribution >= 4 is 23.2 Å². The topological polar surface area (TPSA) is 63.0 Å². The van der Waals surface area contributed by atoms with Gasteiger partial charge in [0.25, 0.3) is 0 Å². The highest BCUT2D eigenvalue weighted by atomic mass is 16.5. The SMILES string of the molecule is O=C1CC(c2ccccc2)CN1c1cc(N2CCOCC2)n2nc(-c3ccccc3)cc2n1. The van der Waals surface area contributed by atoms with Crippen LogP contribution in [0.2, 0.25) is 0 Å². The van der Waals surface area contributed by atoms with E-state index in [4.69, 9.17) is 14.8 Å². The highest BCUT2D eigenvalue weighted by molar-refractivity contribution is 5.96. The first-order valence-corrected chi connectivity index (χ1v) is 11.4. The summed E-state index contributed by atoms with van der Waals surface area (Å²) in [4.78, 5) is 22.0. The van der Waals surface area contributed by atoms with Crippen molar-refractivity contribution in [3.8, 4) is 11.3 Å². The van der Waals surface area contributed by atoms with Gasteiger partial charge >= 0.3 is 0 Å². The molecule has 2 aliphatic heterocycles. The number of amides is 1. The van der Waals surface area contributed by atoms with Gasteiger partial charge < -0.3 is 9.64 Å². The molecule has 0 radical (unpaired) electrons. The standard InChI is InChI=1S/C26H25N5O2/c32-26-15-21(19-7-3-1-4-8-19)18-30(26)23-17-25(29-11-13-33-14-12-29)31-24(27-23)16-22(28-31)20-9-5-2-6-10-20/h1-10,16-17,21H,11-15,18H2. The molecule has 2 aliphatic rings. The smallest absolute Gasteiger partial charge is 0.228 e. The number of fused-ring (bicyclic) bond motifs is 1. The molecule has 0 bridgehead atoms. The van der Waals surface area contributed by atoms with Gasteiger partial charge in [0.2, 0.25) is 5.91 Å². The maximum absolute atomic E-state index is 13.0. The Hall–Kier alpha value is -3.71. The summed E-state index contributed by atoms with van der Waals surface area (Å²) in [7, 11) is 0. The van der Waals surface area contributed by atoms with Crippen LogP contribution in [0.4, 0.5) is 11.6 Å². The van der Waals surface area contributed by atoms with Gasteiger partial charge in [-0.15, -0.1) is 0 Å². The molecular formula is C26H25N5O2. The number of benzene rings is 2. The van der Waals surface area contributed by atoms with E-state index in [1.54, 1.807) is 0 Å². The second kappa shape index (κ2) is 8.33. The molecule has 2 aromatic carbocycles. The zero-order valence-corrected chi connectivity index (χ0v) is 18.3. The van der Waals surface area contributed by atoms with E-state index in [0.717, 1.165) is 35.8 Å². The minimum Gasteiger partial charge on any atom is -0.378 e. The lowest BCUT2D eigenvalue weighted by Crippen LogP contribution is -2.38. The Morgan fingerprint density at radius 1 is 0.909 bits per heavy atom. The van der Waals surface area contributed by atoms with E-state index in [1.165, 1.54) is 5.56 Å². The number of morpholine rings is 1. The minimum absolute atomic E-state index is 0.108. The number of hydrogen-bond donors (Lipinski definition) is 0. The fraction of sp³-hybridized carbons (Fsp3) is 0.269. The first kappa shape index (κ1) is 19.9. The fourth-order valence-corrected chi connectivity index (χ4v) is 4.73. The molecule has 7 heteroatoms. The van der Waals surface area contributed by atoms with Gasteiger partial charge in [-0.1, -0.05) is 60.7 Å². The molecule has 7 nitrogen and oxygen atoms in total. The van der Waals surface area contributed by atoms with Gasteiger partial charge in [0, 0.05) is 49.7 Å². The van der Waals surface area contributed by atoms with Gasteiger partial charge in [0.15, 0.2) is 5.65 Å². The van der Waals surface area contributed by atoms with E-state index in [0.29, 0.717) is 32.0 Å². The van der Waals surface area contributed by atoms with E-state index in [1.807, 2.05) is 70.1 Å². The summed E-state index contributed by atoms with van der Waals surface area (Å²) in [5.74, 6) is 1.91. The van der Waals surface area contributed by atoms with E-state index < -0.39 is 0 Å². The van der Waals surface area contributed by atoms with Crippen LogP contribution in [-0.4, -0.2) is 53.4 Å². The summed E-state index contributed by atoms with van der Waals surface area (Å²) in [6, 6.07) is 24.4. The summed E-state index contributed by atoms with van der Waals surface area (Å²) in [6.07, 6.45) is 0.498. The van der Waals surface area contributed by atoms with E-state index >= 15 is 0 Å². The average molecular weight is 440 g/mol. The number of rotatable bonds is 4. The number of ether oxygens (including phenoxy) is 1. The highest BCUT2D eigenvalue weighted by Gasteiger charge is 2.33. The molecule has 4 aromatic rings. The van der Waals surface area contributed by atoms with Crippen LogP contribution in [0.5, 0.6) is 0 Å². The van der Waals surface area contributed by atoms with Crippen LogP contribution in [-0.2, 0) is 9.53 Å². The molecule has 4 heterocycles. The lowest BCUT2D eigenvalue weighted by molar-refractivity contribution is -0.117. The van der Waals surface area contributed by atoms with Crippen molar-refractivity contribution in [2.75, 3.05) is 42.6 Å². The van der Waals surface area contributed by atoms with Crippen molar-refractivity contribution in [3.05, 3.63) is 78.4 Å². The third kappa shape index (κ3) is 3.74. The summed E-state index contributed by atoms with van der Waals surface area (Å²) in [6.45, 7) is 3.53. The molecule has 0 saturated carbocycles. The Morgan fingerprint density at radius 2 is 1.64 bits per heavy atom.